The van der Waals surface area contributed by atoms with Gasteiger partial charge in [0, 0.05) is 6.04 Å². The maximum atomic E-state index is 5.57. The van der Waals surface area contributed by atoms with E-state index < -0.39 is 0 Å². The molecule has 0 saturated heterocycles. The lowest BCUT2D eigenvalue weighted by atomic mass is 10.0. The van der Waals surface area contributed by atoms with Gasteiger partial charge in [-0.05, 0) is 32.8 Å². The minimum Gasteiger partial charge on any atom is -0.444 e. The van der Waals surface area contributed by atoms with Gasteiger partial charge in [0.1, 0.15) is 5.76 Å². The first-order valence-electron chi connectivity index (χ1n) is 6.85. The molecule has 19 heavy (non-hydrogen) atoms. The van der Waals surface area contributed by atoms with E-state index >= 15 is 0 Å². The number of nitrogens with zero attached hydrogens (tertiary/aromatic N) is 1. The fourth-order valence-electron chi connectivity index (χ4n) is 2.19. The zero-order chi connectivity index (χ0) is 13.8. The SMILES string of the molecule is CCC(NC(C)c1ncc(C)o1)c1ccc(C)cc1. The molecule has 0 fully saturated rings. The first kappa shape index (κ1) is 13.8. The Morgan fingerprint density at radius 2 is 1.89 bits per heavy atom. The van der Waals surface area contributed by atoms with Crippen molar-refractivity contribution in [3.8, 4) is 0 Å². The molecule has 1 N–H and O–H groups in total. The van der Waals surface area contributed by atoms with Crippen LogP contribution in [-0.2, 0) is 0 Å². The Morgan fingerprint density at radius 1 is 1.21 bits per heavy atom. The van der Waals surface area contributed by atoms with Gasteiger partial charge in [-0.3, -0.25) is 5.32 Å². The van der Waals surface area contributed by atoms with Gasteiger partial charge in [-0.25, -0.2) is 4.98 Å². The van der Waals surface area contributed by atoms with Gasteiger partial charge in [-0.1, -0.05) is 36.8 Å². The number of hydrogen-bond acceptors (Lipinski definition) is 3. The predicted octanol–water partition coefficient (Wildman–Crippen LogP) is 4.09. The average Bonchev–Trinajstić information content (AvgIpc) is 2.84. The van der Waals surface area contributed by atoms with Crippen LogP contribution in [0.2, 0.25) is 0 Å². The summed E-state index contributed by atoms with van der Waals surface area (Å²) in [5, 5.41) is 3.58. The van der Waals surface area contributed by atoms with Crippen LogP contribution in [0.3, 0.4) is 0 Å². The highest BCUT2D eigenvalue weighted by Gasteiger charge is 2.16. The van der Waals surface area contributed by atoms with Crippen LogP contribution in [0.1, 0.15) is 55.1 Å². The minimum absolute atomic E-state index is 0.111. The van der Waals surface area contributed by atoms with E-state index in [4.69, 9.17) is 4.42 Å². The molecule has 0 bridgehead atoms. The van der Waals surface area contributed by atoms with Crippen molar-refractivity contribution in [3.63, 3.8) is 0 Å². The zero-order valence-corrected chi connectivity index (χ0v) is 12.1. The van der Waals surface area contributed by atoms with Crippen molar-refractivity contribution in [1.82, 2.24) is 10.3 Å². The van der Waals surface area contributed by atoms with Gasteiger partial charge in [-0.2, -0.15) is 0 Å². The lowest BCUT2D eigenvalue weighted by Gasteiger charge is -2.21. The van der Waals surface area contributed by atoms with E-state index in [1.165, 1.54) is 11.1 Å². The maximum absolute atomic E-state index is 5.57. The van der Waals surface area contributed by atoms with Gasteiger partial charge >= 0.3 is 0 Å². The molecule has 3 nitrogen and oxygen atoms in total. The molecule has 0 aliphatic carbocycles. The minimum atomic E-state index is 0.111. The highest BCUT2D eigenvalue weighted by Crippen LogP contribution is 2.22. The number of rotatable bonds is 5. The Morgan fingerprint density at radius 3 is 2.42 bits per heavy atom. The van der Waals surface area contributed by atoms with Gasteiger partial charge in [0.2, 0.25) is 5.89 Å². The second-order valence-electron chi connectivity index (χ2n) is 5.07. The van der Waals surface area contributed by atoms with E-state index in [-0.39, 0.29) is 6.04 Å². The molecule has 0 amide bonds. The number of aryl methyl sites for hydroxylation is 2. The van der Waals surface area contributed by atoms with Crippen molar-refractivity contribution in [2.45, 2.75) is 46.2 Å². The molecule has 3 heteroatoms. The molecule has 0 aliphatic heterocycles. The van der Waals surface area contributed by atoms with Crippen molar-refractivity contribution in [2.24, 2.45) is 0 Å². The molecular formula is C16H22N2O. The van der Waals surface area contributed by atoms with E-state index in [1.54, 1.807) is 6.20 Å². The van der Waals surface area contributed by atoms with Crippen LogP contribution in [0.5, 0.6) is 0 Å². The zero-order valence-electron chi connectivity index (χ0n) is 12.1. The molecule has 2 unspecified atom stereocenters. The van der Waals surface area contributed by atoms with Gasteiger partial charge in [0.15, 0.2) is 0 Å². The molecule has 0 saturated carbocycles. The van der Waals surface area contributed by atoms with Crippen molar-refractivity contribution < 1.29 is 4.42 Å². The Balaban J connectivity index is 2.08. The number of oxazole rings is 1. The summed E-state index contributed by atoms with van der Waals surface area (Å²) in [6, 6.07) is 9.11. The molecule has 102 valence electrons. The van der Waals surface area contributed by atoms with Crippen molar-refractivity contribution in [2.75, 3.05) is 0 Å². The first-order valence-corrected chi connectivity index (χ1v) is 6.85. The fourth-order valence-corrected chi connectivity index (χ4v) is 2.19. The van der Waals surface area contributed by atoms with E-state index in [1.807, 2.05) is 6.92 Å². The molecule has 1 heterocycles. The summed E-state index contributed by atoms with van der Waals surface area (Å²) in [4.78, 5) is 4.28. The first-order chi connectivity index (χ1) is 9.10. The van der Waals surface area contributed by atoms with Crippen LogP contribution in [-0.4, -0.2) is 4.98 Å². The topological polar surface area (TPSA) is 38.1 Å². The smallest absolute Gasteiger partial charge is 0.211 e. The molecular weight excluding hydrogens is 236 g/mol. The Kier molecular flexibility index (Phi) is 4.38. The Bertz CT molecular complexity index is 516. The van der Waals surface area contributed by atoms with E-state index in [2.05, 4.69) is 55.3 Å². The largest absolute Gasteiger partial charge is 0.444 e. The van der Waals surface area contributed by atoms with Crippen molar-refractivity contribution >= 4 is 0 Å². The number of hydrogen-bond donors (Lipinski definition) is 1. The van der Waals surface area contributed by atoms with Gasteiger partial charge < -0.3 is 4.42 Å². The van der Waals surface area contributed by atoms with E-state index in [0.717, 1.165) is 18.1 Å². The van der Waals surface area contributed by atoms with E-state index in [0.29, 0.717) is 6.04 Å². The summed E-state index contributed by atoms with van der Waals surface area (Å²) in [5.74, 6) is 1.61. The van der Waals surface area contributed by atoms with Crippen LogP contribution < -0.4 is 5.32 Å². The third-order valence-electron chi connectivity index (χ3n) is 3.35. The summed E-state index contributed by atoms with van der Waals surface area (Å²) in [7, 11) is 0. The van der Waals surface area contributed by atoms with Crippen molar-refractivity contribution in [3.05, 3.63) is 53.2 Å². The monoisotopic (exact) mass is 258 g/mol. The molecule has 0 spiro atoms. The standard InChI is InChI=1S/C16H22N2O/c1-5-15(14-8-6-11(2)7-9-14)18-13(4)16-17-10-12(3)19-16/h6-10,13,15,18H,5H2,1-4H3. The third kappa shape index (κ3) is 3.44. The predicted molar refractivity (Wildman–Crippen MR) is 77.0 cm³/mol. The number of nitrogens with one attached hydrogen (secondary N) is 1. The number of aromatic nitrogens is 1. The highest BCUT2D eigenvalue weighted by molar-refractivity contribution is 5.24. The summed E-state index contributed by atoms with van der Waals surface area (Å²) < 4.78 is 5.57. The molecule has 1 aromatic heterocycles. The Hall–Kier alpha value is -1.61. The summed E-state index contributed by atoms with van der Waals surface area (Å²) in [5.41, 5.74) is 2.60. The normalized spacial score (nSPS) is 14.3. The quantitative estimate of drug-likeness (QED) is 0.877. The van der Waals surface area contributed by atoms with Crippen LogP contribution in [0.15, 0.2) is 34.9 Å². The summed E-state index contributed by atoms with van der Waals surface area (Å²) in [6.45, 7) is 8.30. The molecule has 2 atom stereocenters. The Labute approximate surface area is 115 Å². The van der Waals surface area contributed by atoms with Gasteiger partial charge in [0.25, 0.3) is 0 Å². The molecule has 0 aliphatic rings. The van der Waals surface area contributed by atoms with Crippen LogP contribution in [0, 0.1) is 13.8 Å². The molecule has 0 radical (unpaired) electrons. The maximum Gasteiger partial charge on any atom is 0.211 e. The number of benzene rings is 1. The molecule has 1 aromatic carbocycles. The second-order valence-corrected chi connectivity index (χ2v) is 5.07. The summed E-state index contributed by atoms with van der Waals surface area (Å²) in [6.07, 6.45) is 2.80. The summed E-state index contributed by atoms with van der Waals surface area (Å²) >= 11 is 0. The van der Waals surface area contributed by atoms with Gasteiger partial charge in [-0.15, -0.1) is 0 Å². The van der Waals surface area contributed by atoms with E-state index in [9.17, 15) is 0 Å². The van der Waals surface area contributed by atoms with Crippen LogP contribution in [0.25, 0.3) is 0 Å². The second kappa shape index (κ2) is 6.02. The van der Waals surface area contributed by atoms with Crippen LogP contribution in [0.4, 0.5) is 0 Å². The average molecular weight is 258 g/mol. The third-order valence-corrected chi connectivity index (χ3v) is 3.35. The van der Waals surface area contributed by atoms with Gasteiger partial charge in [0.05, 0.1) is 12.2 Å². The lowest BCUT2D eigenvalue weighted by molar-refractivity contribution is 0.367. The van der Waals surface area contributed by atoms with Crippen molar-refractivity contribution in [1.29, 1.82) is 0 Å². The molecule has 2 rings (SSSR count). The molecule has 2 aromatic rings. The fraction of sp³-hybridized carbons (Fsp3) is 0.438. The lowest BCUT2D eigenvalue weighted by Crippen LogP contribution is -2.24. The highest BCUT2D eigenvalue weighted by atomic mass is 16.4. The van der Waals surface area contributed by atoms with Crippen LogP contribution >= 0.6 is 0 Å².